The maximum atomic E-state index is 12.3. The molecule has 0 aliphatic heterocycles. The van der Waals surface area contributed by atoms with Crippen molar-refractivity contribution in [1.82, 2.24) is 10.0 Å². The summed E-state index contributed by atoms with van der Waals surface area (Å²) in [5.74, 6) is -0.965. The van der Waals surface area contributed by atoms with E-state index >= 15 is 0 Å². The van der Waals surface area contributed by atoms with Gasteiger partial charge in [0.05, 0.1) is 10.5 Å². The van der Waals surface area contributed by atoms with Crippen molar-refractivity contribution in [3.05, 3.63) is 29.8 Å². The molecule has 1 saturated carbocycles. The van der Waals surface area contributed by atoms with Gasteiger partial charge < -0.3 is 10.1 Å². The zero-order valence-electron chi connectivity index (χ0n) is 15.9. The molecule has 2 N–H and O–H groups in total. The minimum absolute atomic E-state index is 0.0695. The lowest BCUT2D eigenvalue weighted by atomic mass is 10.1. The summed E-state index contributed by atoms with van der Waals surface area (Å²) < 4.78 is 31.4. The summed E-state index contributed by atoms with van der Waals surface area (Å²) >= 11 is 0. The first kappa shape index (κ1) is 21.4. The van der Waals surface area contributed by atoms with Crippen LogP contribution in [-0.4, -0.2) is 39.0 Å². The van der Waals surface area contributed by atoms with Crippen LogP contribution in [-0.2, 0) is 19.6 Å². The number of hydrogen-bond donors (Lipinski definition) is 2. The van der Waals surface area contributed by atoms with E-state index in [4.69, 9.17) is 4.74 Å². The first-order valence-electron chi connectivity index (χ1n) is 9.44. The molecule has 1 aromatic carbocycles. The first-order valence-corrected chi connectivity index (χ1v) is 10.9. The minimum Gasteiger partial charge on any atom is -0.449 e. The molecule has 0 heterocycles. The summed E-state index contributed by atoms with van der Waals surface area (Å²) in [7, 11) is -3.57. The maximum Gasteiger partial charge on any atom is 0.338 e. The lowest BCUT2D eigenvalue weighted by Gasteiger charge is -2.19. The molecule has 1 aliphatic carbocycles. The highest BCUT2D eigenvalue weighted by Crippen LogP contribution is 2.17. The summed E-state index contributed by atoms with van der Waals surface area (Å²) in [6.45, 7) is 3.50. The van der Waals surface area contributed by atoms with Gasteiger partial charge in [0.15, 0.2) is 6.10 Å². The third-order valence-electron chi connectivity index (χ3n) is 4.59. The molecule has 1 aliphatic rings. The van der Waals surface area contributed by atoms with Crippen LogP contribution in [0.4, 0.5) is 0 Å². The molecule has 0 radical (unpaired) electrons. The van der Waals surface area contributed by atoms with Crippen LogP contribution in [0.5, 0.6) is 0 Å². The second-order valence-electron chi connectivity index (χ2n) is 6.77. The molecule has 2 rings (SSSR count). The molecular weight excluding hydrogens is 368 g/mol. The van der Waals surface area contributed by atoms with Crippen LogP contribution >= 0.6 is 0 Å². The first-order chi connectivity index (χ1) is 12.8. The van der Waals surface area contributed by atoms with Crippen LogP contribution in [0.1, 0.15) is 62.7 Å². The zero-order chi connectivity index (χ0) is 19.9. The monoisotopic (exact) mass is 396 g/mol. The average Bonchev–Trinajstić information content (AvgIpc) is 2.90. The quantitative estimate of drug-likeness (QED) is 0.544. The van der Waals surface area contributed by atoms with Crippen molar-refractivity contribution in [2.24, 2.45) is 0 Å². The standard InChI is InChI=1S/C19H28N2O5S/c1-3-20-27(24,25)17-12-10-15(11-13-17)19(23)26-14(2)18(22)21-16-8-6-4-5-7-9-16/h10-14,16,20H,3-9H2,1-2H3,(H,21,22)/t14-/m0/s1. The molecule has 1 amide bonds. The third-order valence-corrected chi connectivity index (χ3v) is 6.15. The van der Waals surface area contributed by atoms with Gasteiger partial charge in [0.1, 0.15) is 0 Å². The number of amides is 1. The molecule has 0 aromatic heterocycles. The number of hydrogen-bond acceptors (Lipinski definition) is 5. The van der Waals surface area contributed by atoms with Gasteiger partial charge in [-0.15, -0.1) is 0 Å². The van der Waals surface area contributed by atoms with Gasteiger partial charge in [-0.25, -0.2) is 17.9 Å². The van der Waals surface area contributed by atoms with Crippen molar-refractivity contribution in [3.8, 4) is 0 Å². The summed E-state index contributed by atoms with van der Waals surface area (Å²) in [5, 5.41) is 2.95. The van der Waals surface area contributed by atoms with Gasteiger partial charge in [0.2, 0.25) is 10.0 Å². The predicted octanol–water partition coefficient (Wildman–Crippen LogP) is 2.37. The minimum atomic E-state index is -3.57. The van der Waals surface area contributed by atoms with E-state index in [0.29, 0.717) is 0 Å². The zero-order valence-corrected chi connectivity index (χ0v) is 16.7. The van der Waals surface area contributed by atoms with Gasteiger partial charge >= 0.3 is 5.97 Å². The van der Waals surface area contributed by atoms with E-state index in [0.717, 1.165) is 25.7 Å². The third kappa shape index (κ3) is 6.32. The molecule has 0 saturated heterocycles. The van der Waals surface area contributed by atoms with Crippen molar-refractivity contribution in [2.75, 3.05) is 6.54 Å². The fourth-order valence-electron chi connectivity index (χ4n) is 3.07. The van der Waals surface area contributed by atoms with Crippen molar-refractivity contribution in [3.63, 3.8) is 0 Å². The van der Waals surface area contributed by atoms with E-state index < -0.39 is 22.1 Å². The fraction of sp³-hybridized carbons (Fsp3) is 0.579. The number of carbonyl (C=O) groups is 2. The predicted molar refractivity (Wildman–Crippen MR) is 102 cm³/mol. The van der Waals surface area contributed by atoms with Gasteiger partial charge in [0.25, 0.3) is 5.91 Å². The second-order valence-corrected chi connectivity index (χ2v) is 8.54. The normalized spacial score (nSPS) is 17.0. The van der Waals surface area contributed by atoms with Gasteiger partial charge in [-0.3, -0.25) is 4.79 Å². The van der Waals surface area contributed by atoms with Gasteiger partial charge in [-0.05, 0) is 44.0 Å². The smallest absolute Gasteiger partial charge is 0.338 e. The van der Waals surface area contributed by atoms with Crippen LogP contribution in [0, 0.1) is 0 Å². The van der Waals surface area contributed by atoms with Crippen LogP contribution in [0.2, 0.25) is 0 Å². The van der Waals surface area contributed by atoms with Crippen LogP contribution in [0.25, 0.3) is 0 Å². The molecule has 150 valence electrons. The summed E-state index contributed by atoms with van der Waals surface area (Å²) in [6.07, 6.45) is 5.57. The highest BCUT2D eigenvalue weighted by Gasteiger charge is 2.23. The van der Waals surface area contributed by atoms with Crippen molar-refractivity contribution in [2.45, 2.75) is 69.4 Å². The van der Waals surface area contributed by atoms with E-state index in [2.05, 4.69) is 10.0 Å². The Morgan fingerprint density at radius 1 is 1.11 bits per heavy atom. The Bertz CT molecular complexity index is 738. The van der Waals surface area contributed by atoms with Crippen LogP contribution < -0.4 is 10.0 Å². The molecular formula is C19H28N2O5S. The van der Waals surface area contributed by atoms with E-state index in [1.54, 1.807) is 6.92 Å². The summed E-state index contributed by atoms with van der Waals surface area (Å²) in [4.78, 5) is 24.6. The molecule has 1 atom stereocenters. The number of nitrogens with one attached hydrogen (secondary N) is 2. The van der Waals surface area contributed by atoms with E-state index in [9.17, 15) is 18.0 Å². The average molecular weight is 397 g/mol. The van der Waals surface area contributed by atoms with Gasteiger partial charge in [0, 0.05) is 12.6 Å². The highest BCUT2D eigenvalue weighted by molar-refractivity contribution is 7.89. The Morgan fingerprint density at radius 3 is 2.26 bits per heavy atom. The lowest BCUT2D eigenvalue weighted by Crippen LogP contribution is -2.41. The molecule has 0 unspecified atom stereocenters. The molecule has 0 spiro atoms. The summed E-state index contributed by atoms with van der Waals surface area (Å²) in [5.41, 5.74) is 0.194. The molecule has 7 nitrogen and oxygen atoms in total. The number of esters is 1. The van der Waals surface area contributed by atoms with Crippen LogP contribution in [0.15, 0.2) is 29.2 Å². The molecule has 8 heteroatoms. The van der Waals surface area contributed by atoms with Crippen LogP contribution in [0.3, 0.4) is 0 Å². The van der Waals surface area contributed by atoms with Crippen molar-refractivity contribution in [1.29, 1.82) is 0 Å². The molecule has 27 heavy (non-hydrogen) atoms. The topological polar surface area (TPSA) is 102 Å². The van der Waals surface area contributed by atoms with Gasteiger partial charge in [-0.2, -0.15) is 0 Å². The Kier molecular flexibility index (Phi) is 7.79. The van der Waals surface area contributed by atoms with E-state index in [-0.39, 0.29) is 29.0 Å². The number of ether oxygens (including phenoxy) is 1. The molecule has 1 fully saturated rings. The maximum absolute atomic E-state index is 12.3. The molecule has 1 aromatic rings. The number of carbonyl (C=O) groups excluding carboxylic acids is 2. The Hall–Kier alpha value is -1.93. The lowest BCUT2D eigenvalue weighted by molar-refractivity contribution is -0.129. The Morgan fingerprint density at radius 2 is 1.70 bits per heavy atom. The van der Waals surface area contributed by atoms with Crippen molar-refractivity contribution < 1.29 is 22.7 Å². The second kappa shape index (κ2) is 9.85. The Labute approximate surface area is 160 Å². The highest BCUT2D eigenvalue weighted by atomic mass is 32.2. The molecule has 0 bridgehead atoms. The Balaban J connectivity index is 1.92. The van der Waals surface area contributed by atoms with E-state index in [1.165, 1.54) is 44.0 Å². The summed E-state index contributed by atoms with van der Waals surface area (Å²) in [6, 6.07) is 5.57. The number of sulfonamides is 1. The number of rotatable bonds is 7. The van der Waals surface area contributed by atoms with Gasteiger partial charge in [-0.1, -0.05) is 32.6 Å². The SMILES string of the molecule is CCNS(=O)(=O)c1ccc(C(=O)O[C@@H](C)C(=O)NC2CCCCCC2)cc1. The largest absolute Gasteiger partial charge is 0.449 e. The van der Waals surface area contributed by atoms with Crippen molar-refractivity contribution >= 4 is 21.9 Å². The number of benzene rings is 1. The fourth-order valence-corrected chi connectivity index (χ4v) is 4.11. The van der Waals surface area contributed by atoms with E-state index in [1.807, 2.05) is 0 Å².